The van der Waals surface area contributed by atoms with Crippen molar-refractivity contribution in [2.45, 2.75) is 63.6 Å². The maximum Gasteiger partial charge on any atom is 0.326 e. The molecule has 2 aliphatic rings. The molecule has 2 heterocycles. The highest BCUT2D eigenvalue weighted by Crippen LogP contribution is 2.34. The van der Waals surface area contributed by atoms with E-state index >= 15 is 0 Å². The molecular weight excluding hydrogens is 495 g/mol. The second-order valence-corrected chi connectivity index (χ2v) is 11.0. The molecule has 188 valence electrons. The summed E-state index contributed by atoms with van der Waals surface area (Å²) in [6, 6.07) is 2.63. The first-order chi connectivity index (χ1) is 16.4. The van der Waals surface area contributed by atoms with E-state index in [0.29, 0.717) is 33.8 Å². The number of fused-ring (bicyclic) bond motifs is 1. The smallest absolute Gasteiger partial charge is 0.326 e. The van der Waals surface area contributed by atoms with Crippen LogP contribution in [0.1, 0.15) is 56.4 Å². The summed E-state index contributed by atoms with van der Waals surface area (Å²) in [5.74, 6) is -2.80. The highest BCUT2D eigenvalue weighted by atomic mass is 35.5. The van der Waals surface area contributed by atoms with Gasteiger partial charge in [-0.25, -0.2) is 4.79 Å². The van der Waals surface area contributed by atoms with Crippen molar-refractivity contribution in [2.75, 3.05) is 0 Å². The summed E-state index contributed by atoms with van der Waals surface area (Å²) in [7, 11) is 0. The van der Waals surface area contributed by atoms with E-state index < -0.39 is 41.3 Å². The van der Waals surface area contributed by atoms with Gasteiger partial charge >= 0.3 is 5.97 Å². The Hall–Kier alpha value is -2.78. The first-order valence-electron chi connectivity index (χ1n) is 11.6. The van der Waals surface area contributed by atoms with Crippen molar-refractivity contribution in [1.82, 2.24) is 20.9 Å². The van der Waals surface area contributed by atoms with Crippen LogP contribution in [0, 0.1) is 11.8 Å². The number of hydrogen-bond donors (Lipinski definition) is 5. The molecule has 35 heavy (non-hydrogen) atoms. The van der Waals surface area contributed by atoms with Crippen molar-refractivity contribution in [1.29, 1.82) is 0 Å². The zero-order valence-corrected chi connectivity index (χ0v) is 20.9. The summed E-state index contributed by atoms with van der Waals surface area (Å²) in [5.41, 5.74) is 0.362. The minimum Gasteiger partial charge on any atom is -0.480 e. The summed E-state index contributed by atoms with van der Waals surface area (Å²) in [6.45, 7) is 3.73. The van der Waals surface area contributed by atoms with E-state index in [1.807, 2.05) is 13.8 Å². The van der Waals surface area contributed by atoms with E-state index in [0.717, 1.165) is 12.8 Å². The molecule has 1 aliphatic carbocycles. The summed E-state index contributed by atoms with van der Waals surface area (Å²) in [5, 5.41) is 19.2. The Labute approximate surface area is 212 Å². The fourth-order valence-corrected chi connectivity index (χ4v) is 5.15. The maximum absolute atomic E-state index is 13.1. The van der Waals surface area contributed by atoms with Crippen molar-refractivity contribution in [3.8, 4) is 0 Å². The first-order valence-corrected chi connectivity index (χ1v) is 12.3. The van der Waals surface area contributed by atoms with E-state index in [-0.39, 0.29) is 23.9 Å². The molecule has 1 saturated carbocycles. The van der Waals surface area contributed by atoms with Crippen molar-refractivity contribution in [3.63, 3.8) is 0 Å². The molecule has 1 aromatic heterocycles. The molecule has 2 fully saturated rings. The molecule has 3 atom stereocenters. The van der Waals surface area contributed by atoms with Gasteiger partial charge in [-0.05, 0) is 57.2 Å². The average molecular weight is 523 g/mol. The summed E-state index contributed by atoms with van der Waals surface area (Å²) < 4.78 is 0. The van der Waals surface area contributed by atoms with Gasteiger partial charge in [-0.2, -0.15) is 0 Å². The number of carbonyl (C=O) groups is 4. The number of rotatable bonds is 9. The molecular formula is C24H28Cl2N4O5. The SMILES string of the molecule is CC1(C)CC(CC(NC(=O)C(CC2CC2)NC(=O)c2cc3c(Cl)cc(Cl)cc3[nH]2)C(=O)O)C(=O)N1. The van der Waals surface area contributed by atoms with E-state index in [4.69, 9.17) is 23.2 Å². The van der Waals surface area contributed by atoms with E-state index in [1.165, 1.54) is 0 Å². The van der Waals surface area contributed by atoms with E-state index in [9.17, 15) is 24.3 Å². The Morgan fingerprint density at radius 1 is 1.11 bits per heavy atom. The highest BCUT2D eigenvalue weighted by molar-refractivity contribution is 6.38. The van der Waals surface area contributed by atoms with Gasteiger partial charge in [0.2, 0.25) is 11.8 Å². The number of carboxylic acids is 1. The van der Waals surface area contributed by atoms with Crippen LogP contribution in [-0.2, 0) is 14.4 Å². The van der Waals surface area contributed by atoms with Crippen LogP contribution < -0.4 is 16.0 Å². The fourth-order valence-electron chi connectivity index (χ4n) is 4.60. The maximum atomic E-state index is 13.1. The van der Waals surface area contributed by atoms with Crippen molar-refractivity contribution < 1.29 is 24.3 Å². The number of aromatic nitrogens is 1. The third-order valence-corrected chi connectivity index (χ3v) is 7.04. The number of H-pyrrole nitrogens is 1. The lowest BCUT2D eigenvalue weighted by molar-refractivity contribution is -0.142. The number of aromatic amines is 1. The van der Waals surface area contributed by atoms with Crippen LogP contribution in [0.4, 0.5) is 0 Å². The standard InChI is InChI=1S/C24H28Cl2N4O5/c1-24(2)10-12(20(31)30-24)6-19(23(34)35)29-21(32)17(5-11-3-4-11)28-22(33)18-9-14-15(26)7-13(25)8-16(14)27-18/h7-9,11-12,17,19,27H,3-6,10H2,1-2H3,(H,28,33)(H,29,32)(H,30,31)(H,34,35). The number of benzene rings is 1. The molecule has 1 saturated heterocycles. The van der Waals surface area contributed by atoms with Crippen LogP contribution in [-0.4, -0.2) is 51.4 Å². The number of nitrogens with one attached hydrogen (secondary N) is 4. The predicted octanol–water partition coefficient (Wildman–Crippen LogP) is 3.25. The van der Waals surface area contributed by atoms with Crippen LogP contribution in [0.25, 0.3) is 10.9 Å². The third kappa shape index (κ3) is 6.08. The summed E-state index contributed by atoms with van der Waals surface area (Å²) >= 11 is 12.2. The number of carbonyl (C=O) groups excluding carboxylic acids is 3. The quantitative estimate of drug-likeness (QED) is 0.343. The van der Waals surface area contributed by atoms with Crippen molar-refractivity contribution >= 4 is 57.8 Å². The lowest BCUT2D eigenvalue weighted by Crippen LogP contribution is -2.52. The number of amides is 3. The van der Waals surface area contributed by atoms with Gasteiger partial charge in [-0.15, -0.1) is 0 Å². The van der Waals surface area contributed by atoms with Crippen LogP contribution in [0.15, 0.2) is 18.2 Å². The molecule has 5 N–H and O–H groups in total. The lowest BCUT2D eigenvalue weighted by Gasteiger charge is -2.22. The molecule has 0 radical (unpaired) electrons. The minimum absolute atomic E-state index is 0.0261. The van der Waals surface area contributed by atoms with Gasteiger partial charge < -0.3 is 26.0 Å². The normalized spacial score (nSPS) is 20.8. The molecule has 9 nitrogen and oxygen atoms in total. The molecule has 4 rings (SSSR count). The molecule has 1 aliphatic heterocycles. The first kappa shape index (κ1) is 25.3. The number of hydrogen-bond acceptors (Lipinski definition) is 4. The molecule has 0 bridgehead atoms. The second-order valence-electron chi connectivity index (χ2n) is 10.1. The Bertz CT molecular complexity index is 1190. The number of halogens is 2. The zero-order valence-electron chi connectivity index (χ0n) is 19.4. The average Bonchev–Trinajstić information content (AvgIpc) is 3.39. The topological polar surface area (TPSA) is 140 Å². The zero-order chi connectivity index (χ0) is 25.5. The summed E-state index contributed by atoms with van der Waals surface area (Å²) in [6.07, 6.45) is 2.73. The van der Waals surface area contributed by atoms with Crippen LogP contribution >= 0.6 is 23.2 Å². The second kappa shape index (κ2) is 9.70. The van der Waals surface area contributed by atoms with Gasteiger partial charge in [-0.3, -0.25) is 14.4 Å². The molecule has 1 aromatic carbocycles. The summed E-state index contributed by atoms with van der Waals surface area (Å²) in [4.78, 5) is 53.2. The third-order valence-electron chi connectivity index (χ3n) is 6.51. The van der Waals surface area contributed by atoms with Gasteiger partial charge in [0, 0.05) is 27.4 Å². The molecule has 0 spiro atoms. The van der Waals surface area contributed by atoms with Gasteiger partial charge in [0.05, 0.1) is 5.02 Å². The monoisotopic (exact) mass is 522 g/mol. The van der Waals surface area contributed by atoms with Gasteiger partial charge in [0.15, 0.2) is 0 Å². The Balaban J connectivity index is 1.46. The fraction of sp³-hybridized carbons (Fsp3) is 0.500. The van der Waals surface area contributed by atoms with E-state index in [2.05, 4.69) is 20.9 Å². The van der Waals surface area contributed by atoms with Gasteiger partial charge in [0.25, 0.3) is 5.91 Å². The Morgan fingerprint density at radius 2 is 1.83 bits per heavy atom. The highest BCUT2D eigenvalue weighted by Gasteiger charge is 2.40. The predicted molar refractivity (Wildman–Crippen MR) is 131 cm³/mol. The molecule has 11 heteroatoms. The number of aliphatic carboxylic acids is 1. The minimum atomic E-state index is -1.25. The van der Waals surface area contributed by atoms with E-state index in [1.54, 1.807) is 18.2 Å². The molecule has 3 amide bonds. The van der Waals surface area contributed by atoms with Crippen LogP contribution in [0.5, 0.6) is 0 Å². The molecule has 2 aromatic rings. The van der Waals surface area contributed by atoms with Gasteiger partial charge in [0.1, 0.15) is 17.8 Å². The Morgan fingerprint density at radius 3 is 2.43 bits per heavy atom. The van der Waals surface area contributed by atoms with Crippen molar-refractivity contribution in [3.05, 3.63) is 33.9 Å². The van der Waals surface area contributed by atoms with Gasteiger partial charge in [-0.1, -0.05) is 36.0 Å². The lowest BCUT2D eigenvalue weighted by atomic mass is 9.91. The molecule has 3 unspecified atom stereocenters. The Kier molecular flexibility index (Phi) is 7.02. The van der Waals surface area contributed by atoms with Crippen LogP contribution in [0.3, 0.4) is 0 Å². The van der Waals surface area contributed by atoms with Crippen molar-refractivity contribution in [2.24, 2.45) is 11.8 Å². The number of carboxylic acid groups (broad SMARTS) is 1. The van der Waals surface area contributed by atoms with Crippen LogP contribution in [0.2, 0.25) is 10.0 Å². The largest absolute Gasteiger partial charge is 0.480 e.